The van der Waals surface area contributed by atoms with Gasteiger partial charge in [-0.2, -0.15) is 0 Å². The van der Waals surface area contributed by atoms with E-state index in [1.165, 1.54) is 5.57 Å². The van der Waals surface area contributed by atoms with Crippen molar-refractivity contribution in [1.82, 2.24) is 0 Å². The molecule has 1 atom stereocenters. The first-order valence-electron chi connectivity index (χ1n) is 9.26. The summed E-state index contributed by atoms with van der Waals surface area (Å²) < 4.78 is 0. The summed E-state index contributed by atoms with van der Waals surface area (Å²) in [5, 5.41) is 30.6. The van der Waals surface area contributed by atoms with E-state index in [-0.39, 0.29) is 46.5 Å². The number of carbonyl (C=O) groups is 1. The van der Waals surface area contributed by atoms with Crippen LogP contribution >= 0.6 is 0 Å². The van der Waals surface area contributed by atoms with E-state index in [9.17, 15) is 20.1 Å². The van der Waals surface area contributed by atoms with Crippen LogP contribution in [0.3, 0.4) is 0 Å². The minimum Gasteiger partial charge on any atom is -0.507 e. The molecule has 0 aliphatic heterocycles. The second-order valence-electron chi connectivity index (χ2n) is 7.33. The van der Waals surface area contributed by atoms with Gasteiger partial charge in [0.25, 0.3) is 0 Å². The largest absolute Gasteiger partial charge is 0.507 e. The lowest BCUT2D eigenvalue weighted by molar-refractivity contribution is 0.0958. The molecule has 0 aliphatic rings. The molecule has 0 amide bonds. The van der Waals surface area contributed by atoms with Crippen molar-refractivity contribution in [2.75, 3.05) is 0 Å². The molecule has 1 unspecified atom stereocenters. The number of aromatic hydroxyl groups is 3. The topological polar surface area (TPSA) is 77.8 Å². The minimum atomic E-state index is -0.374. The summed E-state index contributed by atoms with van der Waals surface area (Å²) in [5.74, 6) is -1.03. The smallest absolute Gasteiger partial charge is 0.170 e. The molecule has 0 aromatic heterocycles. The van der Waals surface area contributed by atoms with E-state index in [2.05, 4.69) is 19.9 Å². The molecule has 0 saturated heterocycles. The Morgan fingerprint density at radius 1 is 1.12 bits per heavy atom. The maximum absolute atomic E-state index is 12.4. The van der Waals surface area contributed by atoms with Crippen LogP contribution in [0.25, 0.3) is 0 Å². The number of hydrogen-bond acceptors (Lipinski definition) is 4. The number of allylic oxidation sites excluding steroid dienone is 4. The molecule has 0 spiro atoms. The molecule has 144 valence electrons. The lowest BCUT2D eigenvalue weighted by Gasteiger charge is -2.14. The highest BCUT2D eigenvalue weighted by Gasteiger charge is 2.23. The molecule has 0 heterocycles. The van der Waals surface area contributed by atoms with Crippen LogP contribution < -0.4 is 0 Å². The van der Waals surface area contributed by atoms with Gasteiger partial charge in [-0.3, -0.25) is 4.79 Å². The third-order valence-corrected chi connectivity index (χ3v) is 4.62. The summed E-state index contributed by atoms with van der Waals surface area (Å²) in [6.45, 7) is 10.1. The lowest BCUT2D eigenvalue weighted by atomic mass is 9.94. The van der Waals surface area contributed by atoms with Gasteiger partial charge in [-0.15, -0.1) is 0 Å². The van der Waals surface area contributed by atoms with Gasteiger partial charge >= 0.3 is 0 Å². The zero-order valence-corrected chi connectivity index (χ0v) is 16.6. The van der Waals surface area contributed by atoms with Crippen molar-refractivity contribution in [3.63, 3.8) is 0 Å². The van der Waals surface area contributed by atoms with Crippen molar-refractivity contribution in [2.24, 2.45) is 5.92 Å². The van der Waals surface area contributed by atoms with Gasteiger partial charge in [0, 0.05) is 18.1 Å². The molecule has 0 aliphatic carbocycles. The van der Waals surface area contributed by atoms with E-state index in [1.54, 1.807) is 0 Å². The number of benzene rings is 1. The predicted molar refractivity (Wildman–Crippen MR) is 106 cm³/mol. The molecule has 0 saturated carbocycles. The zero-order chi connectivity index (χ0) is 19.9. The molecular formula is C22H32O4. The molecule has 3 N–H and O–H groups in total. The molecule has 1 rings (SSSR count). The van der Waals surface area contributed by atoms with E-state index in [4.69, 9.17) is 0 Å². The Labute approximate surface area is 156 Å². The number of carbonyl (C=O) groups excluding carboxylic acids is 1. The van der Waals surface area contributed by atoms with Gasteiger partial charge in [0.15, 0.2) is 5.78 Å². The average Bonchev–Trinajstić information content (AvgIpc) is 2.53. The Morgan fingerprint density at radius 3 is 2.35 bits per heavy atom. The second-order valence-corrected chi connectivity index (χ2v) is 7.33. The Bertz CT molecular complexity index is 695. The Hall–Kier alpha value is -2.23. The van der Waals surface area contributed by atoms with E-state index in [0.29, 0.717) is 6.42 Å². The zero-order valence-electron chi connectivity index (χ0n) is 16.6. The van der Waals surface area contributed by atoms with Crippen LogP contribution in [0.5, 0.6) is 17.2 Å². The minimum absolute atomic E-state index is 0.0892. The summed E-state index contributed by atoms with van der Waals surface area (Å²) in [6.07, 6.45) is 7.33. The quantitative estimate of drug-likeness (QED) is 0.392. The molecule has 4 nitrogen and oxygen atoms in total. The van der Waals surface area contributed by atoms with Gasteiger partial charge in [0.05, 0.1) is 0 Å². The first kappa shape index (κ1) is 21.8. The van der Waals surface area contributed by atoms with Crippen molar-refractivity contribution < 1.29 is 20.1 Å². The number of Topliss-reactive ketones (excluding diaryl/α,β-unsaturated/α-hetero) is 1. The Morgan fingerprint density at radius 2 is 1.77 bits per heavy atom. The van der Waals surface area contributed by atoms with E-state index in [0.717, 1.165) is 30.9 Å². The van der Waals surface area contributed by atoms with Crippen LogP contribution in [0.2, 0.25) is 0 Å². The molecule has 0 fully saturated rings. The summed E-state index contributed by atoms with van der Waals surface area (Å²) in [7, 11) is 0. The first-order valence-corrected chi connectivity index (χ1v) is 9.26. The van der Waals surface area contributed by atoms with Gasteiger partial charge in [-0.1, -0.05) is 43.6 Å². The highest BCUT2D eigenvalue weighted by Crippen LogP contribution is 2.39. The highest BCUT2D eigenvalue weighted by atomic mass is 16.3. The third kappa shape index (κ3) is 6.25. The fraction of sp³-hybridized carbons (Fsp3) is 0.500. The Kier molecular flexibility index (Phi) is 8.43. The van der Waals surface area contributed by atoms with Crippen LogP contribution in [0, 0.1) is 5.92 Å². The molecule has 1 aromatic rings. The number of rotatable bonds is 9. The maximum atomic E-state index is 12.4. The SMILES string of the molecule is CCC(C)CC(=O)c1c(O)cc(O)c(C/C=C(\C)CCC=C(C)C)c1O. The number of phenolic OH excluding ortho intramolecular Hbond substituents is 3. The number of hydrogen-bond donors (Lipinski definition) is 3. The van der Waals surface area contributed by atoms with Crippen LogP contribution in [-0.2, 0) is 6.42 Å². The van der Waals surface area contributed by atoms with Crippen LogP contribution in [0.4, 0.5) is 0 Å². The molecular weight excluding hydrogens is 328 g/mol. The van der Waals surface area contributed by atoms with E-state index >= 15 is 0 Å². The summed E-state index contributed by atoms with van der Waals surface area (Å²) in [6, 6.07) is 1.14. The van der Waals surface area contributed by atoms with Crippen molar-refractivity contribution in [1.29, 1.82) is 0 Å². The van der Waals surface area contributed by atoms with Crippen LogP contribution in [0.15, 0.2) is 29.4 Å². The fourth-order valence-electron chi connectivity index (χ4n) is 2.69. The highest BCUT2D eigenvalue weighted by molar-refractivity contribution is 6.02. The average molecular weight is 360 g/mol. The van der Waals surface area contributed by atoms with Crippen molar-refractivity contribution in [3.8, 4) is 17.2 Å². The second kappa shape index (κ2) is 10.0. The first-order chi connectivity index (χ1) is 12.2. The van der Waals surface area contributed by atoms with Gasteiger partial charge < -0.3 is 15.3 Å². The van der Waals surface area contributed by atoms with Crippen LogP contribution in [-0.4, -0.2) is 21.1 Å². The predicted octanol–water partition coefficient (Wildman–Crippen LogP) is 5.66. The molecule has 0 radical (unpaired) electrons. The number of ketones is 1. The summed E-state index contributed by atoms with van der Waals surface area (Å²) in [4.78, 5) is 12.4. The number of phenols is 3. The molecule has 0 bridgehead atoms. The molecule has 26 heavy (non-hydrogen) atoms. The fourth-order valence-corrected chi connectivity index (χ4v) is 2.69. The van der Waals surface area contributed by atoms with Gasteiger partial charge in [0.2, 0.25) is 0 Å². The summed E-state index contributed by atoms with van der Waals surface area (Å²) in [5.41, 5.74) is 2.60. The monoisotopic (exact) mass is 360 g/mol. The lowest BCUT2D eigenvalue weighted by Crippen LogP contribution is -2.07. The van der Waals surface area contributed by atoms with Crippen molar-refractivity contribution >= 4 is 5.78 Å². The van der Waals surface area contributed by atoms with Crippen LogP contribution in [0.1, 0.15) is 76.2 Å². The summed E-state index contributed by atoms with van der Waals surface area (Å²) >= 11 is 0. The maximum Gasteiger partial charge on any atom is 0.170 e. The van der Waals surface area contributed by atoms with Gasteiger partial charge in [0.1, 0.15) is 22.8 Å². The van der Waals surface area contributed by atoms with Crippen molar-refractivity contribution in [3.05, 3.63) is 40.5 Å². The molecule has 1 aromatic carbocycles. The van der Waals surface area contributed by atoms with Gasteiger partial charge in [-0.05, 0) is 46.0 Å². The standard InChI is InChI=1S/C22H32O4/c1-6-15(4)12-19(24)21-20(25)13-18(23)17(22(21)26)11-10-16(5)9-7-8-14(2)3/h8,10,13,15,23,25-26H,6-7,9,11-12H2,1-5H3/b16-10+. The van der Waals surface area contributed by atoms with E-state index in [1.807, 2.05) is 26.8 Å². The van der Waals surface area contributed by atoms with Gasteiger partial charge in [-0.25, -0.2) is 0 Å². The van der Waals surface area contributed by atoms with E-state index < -0.39 is 0 Å². The Balaban J connectivity index is 3.04. The third-order valence-electron chi connectivity index (χ3n) is 4.62. The normalized spacial score (nSPS) is 12.7. The van der Waals surface area contributed by atoms with Crippen molar-refractivity contribution in [2.45, 2.75) is 66.7 Å². The molecule has 4 heteroatoms.